The molecule has 3 nitrogen and oxygen atoms in total. The van der Waals surface area contributed by atoms with Gasteiger partial charge in [-0.3, -0.25) is 4.98 Å². The van der Waals surface area contributed by atoms with Gasteiger partial charge in [0.2, 0.25) is 5.75 Å². The Balaban J connectivity index is 1.79. The van der Waals surface area contributed by atoms with Gasteiger partial charge in [-0.2, -0.15) is 0 Å². The second-order valence-electron chi connectivity index (χ2n) is 5.54. The molecule has 0 radical (unpaired) electrons. The number of fused-ring (bicyclic) bond motifs is 1. The molecule has 4 rings (SSSR count). The SMILES string of the molecule is Fc1cc2c(Oc3ccccc3)ccnc2c(F)c1Oc1ccccc1. The van der Waals surface area contributed by atoms with Crippen molar-refractivity contribution in [2.45, 2.75) is 0 Å². The van der Waals surface area contributed by atoms with Crippen molar-refractivity contribution < 1.29 is 18.3 Å². The van der Waals surface area contributed by atoms with Crippen molar-refractivity contribution >= 4 is 10.9 Å². The van der Waals surface area contributed by atoms with Gasteiger partial charge in [0.15, 0.2) is 11.6 Å². The smallest absolute Gasteiger partial charge is 0.200 e. The number of para-hydroxylation sites is 2. The molecular weight excluding hydrogens is 336 g/mol. The van der Waals surface area contributed by atoms with Crippen LogP contribution in [0.5, 0.6) is 23.0 Å². The lowest BCUT2D eigenvalue weighted by molar-refractivity contribution is 0.410. The maximum Gasteiger partial charge on any atom is 0.200 e. The normalized spacial score (nSPS) is 10.7. The van der Waals surface area contributed by atoms with Crippen LogP contribution in [0.1, 0.15) is 0 Å². The van der Waals surface area contributed by atoms with Gasteiger partial charge < -0.3 is 9.47 Å². The lowest BCUT2D eigenvalue weighted by Gasteiger charge is -2.12. The van der Waals surface area contributed by atoms with E-state index in [0.717, 1.165) is 0 Å². The van der Waals surface area contributed by atoms with Crippen LogP contribution in [-0.2, 0) is 0 Å². The van der Waals surface area contributed by atoms with Gasteiger partial charge in [-0.1, -0.05) is 36.4 Å². The van der Waals surface area contributed by atoms with Gasteiger partial charge in [-0.25, -0.2) is 8.78 Å². The zero-order chi connectivity index (χ0) is 17.9. The van der Waals surface area contributed by atoms with E-state index in [1.54, 1.807) is 48.5 Å². The van der Waals surface area contributed by atoms with Gasteiger partial charge in [-0.15, -0.1) is 0 Å². The number of hydrogen-bond donors (Lipinski definition) is 0. The number of rotatable bonds is 4. The Labute approximate surface area is 148 Å². The van der Waals surface area contributed by atoms with E-state index in [0.29, 0.717) is 17.2 Å². The predicted molar refractivity (Wildman–Crippen MR) is 94.7 cm³/mol. The number of nitrogens with zero attached hydrogens (tertiary/aromatic N) is 1. The lowest BCUT2D eigenvalue weighted by Crippen LogP contribution is -1.97. The van der Waals surface area contributed by atoms with Crippen molar-refractivity contribution in [3.63, 3.8) is 0 Å². The number of aromatic nitrogens is 1. The molecule has 0 aliphatic carbocycles. The summed E-state index contributed by atoms with van der Waals surface area (Å²) >= 11 is 0. The number of benzene rings is 3. The van der Waals surface area contributed by atoms with Gasteiger partial charge in [0.1, 0.15) is 22.8 Å². The highest BCUT2D eigenvalue weighted by Crippen LogP contribution is 2.36. The molecule has 5 heteroatoms. The molecule has 0 saturated carbocycles. The van der Waals surface area contributed by atoms with E-state index >= 15 is 0 Å². The quantitative estimate of drug-likeness (QED) is 0.446. The zero-order valence-electron chi connectivity index (χ0n) is 13.5. The number of halogens is 2. The topological polar surface area (TPSA) is 31.4 Å². The van der Waals surface area contributed by atoms with Crippen LogP contribution >= 0.6 is 0 Å². The lowest BCUT2D eigenvalue weighted by atomic mass is 10.1. The average molecular weight is 349 g/mol. The first-order valence-corrected chi connectivity index (χ1v) is 7.95. The van der Waals surface area contributed by atoms with Crippen LogP contribution in [0.4, 0.5) is 8.78 Å². The van der Waals surface area contributed by atoms with Crippen LogP contribution in [0, 0.1) is 11.6 Å². The Morgan fingerprint density at radius 3 is 2.00 bits per heavy atom. The molecular formula is C21H13F2NO2. The third kappa shape index (κ3) is 3.07. The summed E-state index contributed by atoms with van der Waals surface area (Å²) in [6.07, 6.45) is 1.41. The molecule has 0 unspecified atom stereocenters. The minimum Gasteiger partial charge on any atom is -0.457 e. The molecule has 4 aromatic rings. The number of hydrogen-bond acceptors (Lipinski definition) is 3. The minimum absolute atomic E-state index is 0.0224. The second kappa shape index (κ2) is 6.80. The fourth-order valence-electron chi connectivity index (χ4n) is 2.58. The second-order valence-corrected chi connectivity index (χ2v) is 5.54. The van der Waals surface area contributed by atoms with E-state index in [-0.39, 0.29) is 10.9 Å². The first kappa shape index (κ1) is 16.0. The molecule has 128 valence electrons. The zero-order valence-corrected chi connectivity index (χ0v) is 13.5. The van der Waals surface area contributed by atoms with Crippen molar-refractivity contribution in [3.8, 4) is 23.0 Å². The predicted octanol–water partition coefficient (Wildman–Crippen LogP) is 6.10. The minimum atomic E-state index is -0.873. The molecule has 0 fully saturated rings. The standard InChI is InChI=1S/C21H13F2NO2/c22-17-13-16-18(25-14-7-3-1-4-8-14)11-12-24-20(16)19(23)21(17)26-15-9-5-2-6-10-15/h1-13H. The Bertz CT molecular complexity index is 1050. The fraction of sp³-hybridized carbons (Fsp3) is 0. The van der Waals surface area contributed by atoms with E-state index in [2.05, 4.69) is 4.98 Å². The highest BCUT2D eigenvalue weighted by atomic mass is 19.1. The van der Waals surface area contributed by atoms with E-state index in [9.17, 15) is 8.78 Å². The fourth-order valence-corrected chi connectivity index (χ4v) is 2.58. The molecule has 1 heterocycles. The maximum atomic E-state index is 14.9. The summed E-state index contributed by atoms with van der Waals surface area (Å²) in [6, 6.07) is 20.2. The van der Waals surface area contributed by atoms with Crippen LogP contribution in [0.3, 0.4) is 0 Å². The third-order valence-corrected chi connectivity index (χ3v) is 3.78. The molecule has 0 aliphatic rings. The Morgan fingerprint density at radius 2 is 1.35 bits per heavy atom. The largest absolute Gasteiger partial charge is 0.457 e. The summed E-state index contributed by atoms with van der Waals surface area (Å²) in [5.74, 6) is -0.989. The van der Waals surface area contributed by atoms with Crippen LogP contribution < -0.4 is 9.47 Å². The highest BCUT2D eigenvalue weighted by Gasteiger charge is 2.19. The molecule has 0 bridgehead atoms. The molecule has 0 amide bonds. The van der Waals surface area contributed by atoms with Gasteiger partial charge in [0, 0.05) is 11.6 Å². The average Bonchev–Trinajstić information content (AvgIpc) is 2.67. The van der Waals surface area contributed by atoms with Crippen LogP contribution in [-0.4, -0.2) is 4.98 Å². The molecule has 0 atom stereocenters. The number of pyridine rings is 1. The molecule has 3 aromatic carbocycles. The molecule has 0 saturated heterocycles. The first-order valence-electron chi connectivity index (χ1n) is 7.95. The van der Waals surface area contributed by atoms with E-state index in [4.69, 9.17) is 9.47 Å². The van der Waals surface area contributed by atoms with Crippen molar-refractivity contribution in [1.29, 1.82) is 0 Å². The number of ether oxygens (including phenoxy) is 2. The van der Waals surface area contributed by atoms with Crippen LogP contribution in [0.15, 0.2) is 79.0 Å². The van der Waals surface area contributed by atoms with Crippen molar-refractivity contribution in [2.24, 2.45) is 0 Å². The van der Waals surface area contributed by atoms with Crippen LogP contribution in [0.2, 0.25) is 0 Å². The maximum absolute atomic E-state index is 14.9. The first-order chi connectivity index (χ1) is 12.7. The van der Waals surface area contributed by atoms with E-state index < -0.39 is 17.4 Å². The summed E-state index contributed by atoms with van der Waals surface area (Å²) in [5, 5.41) is 0.228. The molecule has 26 heavy (non-hydrogen) atoms. The molecule has 0 spiro atoms. The van der Waals surface area contributed by atoms with Crippen molar-refractivity contribution in [1.82, 2.24) is 4.98 Å². The Kier molecular flexibility index (Phi) is 4.19. The van der Waals surface area contributed by atoms with Gasteiger partial charge in [-0.05, 0) is 36.4 Å². The van der Waals surface area contributed by atoms with Crippen molar-refractivity contribution in [3.05, 3.63) is 90.6 Å². The Morgan fingerprint density at radius 1 is 0.731 bits per heavy atom. The third-order valence-electron chi connectivity index (χ3n) is 3.78. The molecule has 1 aromatic heterocycles. The van der Waals surface area contributed by atoms with Crippen molar-refractivity contribution in [2.75, 3.05) is 0 Å². The van der Waals surface area contributed by atoms with Gasteiger partial charge in [0.25, 0.3) is 0 Å². The van der Waals surface area contributed by atoms with E-state index in [1.165, 1.54) is 12.3 Å². The summed E-state index contributed by atoms with van der Waals surface area (Å²) in [4.78, 5) is 4.02. The van der Waals surface area contributed by atoms with Gasteiger partial charge in [0.05, 0.1) is 0 Å². The molecule has 0 N–H and O–H groups in total. The van der Waals surface area contributed by atoms with Gasteiger partial charge >= 0.3 is 0 Å². The highest BCUT2D eigenvalue weighted by molar-refractivity contribution is 5.87. The summed E-state index contributed by atoms with van der Waals surface area (Å²) in [6.45, 7) is 0. The monoisotopic (exact) mass is 349 g/mol. The molecule has 0 aliphatic heterocycles. The summed E-state index contributed by atoms with van der Waals surface area (Å²) in [5.41, 5.74) is -0.0224. The summed E-state index contributed by atoms with van der Waals surface area (Å²) in [7, 11) is 0. The Hall–Kier alpha value is -3.47. The van der Waals surface area contributed by atoms with Crippen LogP contribution in [0.25, 0.3) is 10.9 Å². The van der Waals surface area contributed by atoms with E-state index in [1.807, 2.05) is 18.2 Å². The summed E-state index contributed by atoms with van der Waals surface area (Å²) < 4.78 is 40.5.